The van der Waals surface area contributed by atoms with Crippen LogP contribution in [0.25, 0.3) is 6.08 Å². The van der Waals surface area contributed by atoms with Gasteiger partial charge in [0.2, 0.25) is 5.91 Å². The highest BCUT2D eigenvalue weighted by Crippen LogP contribution is 2.16. The number of aliphatic hydroxyl groups excluding tert-OH is 1. The van der Waals surface area contributed by atoms with Crippen LogP contribution in [-0.4, -0.2) is 48.8 Å². The smallest absolute Gasteiger partial charge is 0.244 e. The molecule has 1 atom stereocenters. The fourth-order valence-electron chi connectivity index (χ4n) is 3.16. The van der Waals surface area contributed by atoms with Gasteiger partial charge in [0, 0.05) is 25.7 Å². The van der Waals surface area contributed by atoms with Crippen molar-refractivity contribution in [1.29, 1.82) is 0 Å². The Hall–Kier alpha value is -2.54. The third kappa shape index (κ3) is 5.99. The van der Waals surface area contributed by atoms with Crippen LogP contribution in [0.5, 0.6) is 0 Å². The molecule has 0 aliphatic carbocycles. The molecule has 1 saturated heterocycles. The number of hydrogen-bond acceptors (Lipinski definition) is 4. The van der Waals surface area contributed by atoms with Crippen LogP contribution in [0.2, 0.25) is 0 Å². The van der Waals surface area contributed by atoms with Gasteiger partial charge in [-0.2, -0.15) is 0 Å². The van der Waals surface area contributed by atoms with Gasteiger partial charge in [0.25, 0.3) is 0 Å². The summed E-state index contributed by atoms with van der Waals surface area (Å²) in [5, 5.41) is 12.5. The number of aliphatic hydroxyl groups is 1. The number of carbonyl (C=O) groups excluding carboxylic acids is 1. The Labute approximate surface area is 164 Å². The molecule has 1 heterocycles. The number of nitrogens with one attached hydrogen (secondary N) is 1. The SMILES string of the molecule is O=C(C=Cc1cccc(F)c1)N[C@H](CO)c1cccc(CN2CCOCC2)c1. The van der Waals surface area contributed by atoms with Gasteiger partial charge in [-0.1, -0.05) is 36.4 Å². The Balaban J connectivity index is 1.62. The summed E-state index contributed by atoms with van der Waals surface area (Å²) in [5.74, 6) is -0.699. The van der Waals surface area contributed by atoms with E-state index in [9.17, 15) is 14.3 Å². The molecule has 148 valence electrons. The Morgan fingerprint density at radius 1 is 1.21 bits per heavy atom. The van der Waals surface area contributed by atoms with E-state index in [1.54, 1.807) is 18.2 Å². The van der Waals surface area contributed by atoms with E-state index in [-0.39, 0.29) is 18.3 Å². The number of nitrogens with zero attached hydrogens (tertiary/aromatic N) is 1. The van der Waals surface area contributed by atoms with Gasteiger partial charge < -0.3 is 15.2 Å². The van der Waals surface area contributed by atoms with Gasteiger partial charge in [-0.3, -0.25) is 9.69 Å². The minimum atomic E-state index is -0.505. The summed E-state index contributed by atoms with van der Waals surface area (Å²) in [6, 6.07) is 13.4. The molecule has 1 amide bonds. The topological polar surface area (TPSA) is 61.8 Å². The van der Waals surface area contributed by atoms with Gasteiger partial charge in [-0.25, -0.2) is 4.39 Å². The molecule has 2 aromatic carbocycles. The van der Waals surface area contributed by atoms with Crippen LogP contribution >= 0.6 is 0 Å². The molecule has 0 aromatic heterocycles. The molecule has 0 radical (unpaired) electrons. The minimum Gasteiger partial charge on any atom is -0.394 e. The molecule has 2 aromatic rings. The number of amides is 1. The van der Waals surface area contributed by atoms with Crippen molar-refractivity contribution in [3.8, 4) is 0 Å². The van der Waals surface area contributed by atoms with E-state index in [0.29, 0.717) is 5.56 Å². The predicted molar refractivity (Wildman–Crippen MR) is 106 cm³/mol. The van der Waals surface area contributed by atoms with E-state index < -0.39 is 6.04 Å². The average molecular weight is 384 g/mol. The third-order valence-corrected chi connectivity index (χ3v) is 4.64. The van der Waals surface area contributed by atoms with E-state index >= 15 is 0 Å². The van der Waals surface area contributed by atoms with E-state index in [4.69, 9.17) is 4.74 Å². The van der Waals surface area contributed by atoms with Crippen LogP contribution < -0.4 is 5.32 Å². The largest absolute Gasteiger partial charge is 0.394 e. The number of carbonyl (C=O) groups is 1. The van der Waals surface area contributed by atoms with Gasteiger partial charge in [0.15, 0.2) is 0 Å². The quantitative estimate of drug-likeness (QED) is 0.720. The molecule has 6 heteroatoms. The van der Waals surface area contributed by atoms with Crippen LogP contribution in [-0.2, 0) is 16.1 Å². The molecule has 0 unspecified atom stereocenters. The lowest BCUT2D eigenvalue weighted by Gasteiger charge is -2.27. The summed E-state index contributed by atoms with van der Waals surface area (Å²) in [5.41, 5.74) is 2.58. The van der Waals surface area contributed by atoms with Crippen LogP contribution in [0, 0.1) is 5.82 Å². The second kappa shape index (κ2) is 10.1. The van der Waals surface area contributed by atoms with Crippen molar-refractivity contribution in [2.45, 2.75) is 12.6 Å². The minimum absolute atomic E-state index is 0.208. The fourth-order valence-corrected chi connectivity index (χ4v) is 3.16. The molecule has 0 spiro atoms. The Kier molecular flexibility index (Phi) is 7.31. The zero-order chi connectivity index (χ0) is 19.8. The summed E-state index contributed by atoms with van der Waals surface area (Å²) >= 11 is 0. The van der Waals surface area contributed by atoms with Crippen molar-refractivity contribution in [2.24, 2.45) is 0 Å². The van der Waals surface area contributed by atoms with Crippen molar-refractivity contribution in [1.82, 2.24) is 10.2 Å². The van der Waals surface area contributed by atoms with Crippen LogP contribution in [0.1, 0.15) is 22.7 Å². The molecular formula is C22H25FN2O3. The molecular weight excluding hydrogens is 359 g/mol. The highest BCUT2D eigenvalue weighted by atomic mass is 19.1. The molecule has 5 nitrogen and oxygen atoms in total. The monoisotopic (exact) mass is 384 g/mol. The first kappa shape index (κ1) is 20.2. The number of ether oxygens (including phenoxy) is 1. The lowest BCUT2D eigenvalue weighted by molar-refractivity contribution is -0.117. The molecule has 1 aliphatic rings. The van der Waals surface area contributed by atoms with Crippen LogP contribution in [0.15, 0.2) is 54.6 Å². The van der Waals surface area contributed by atoms with Gasteiger partial charge >= 0.3 is 0 Å². The van der Waals surface area contributed by atoms with Gasteiger partial charge in [-0.15, -0.1) is 0 Å². The highest BCUT2D eigenvalue weighted by Gasteiger charge is 2.15. The number of hydrogen-bond donors (Lipinski definition) is 2. The van der Waals surface area contributed by atoms with Crippen LogP contribution in [0.4, 0.5) is 4.39 Å². The molecule has 0 saturated carbocycles. The normalized spacial score (nSPS) is 16.2. The molecule has 28 heavy (non-hydrogen) atoms. The third-order valence-electron chi connectivity index (χ3n) is 4.64. The van der Waals surface area contributed by atoms with Gasteiger partial charge in [0.1, 0.15) is 5.82 Å². The first-order valence-electron chi connectivity index (χ1n) is 9.38. The molecule has 2 N–H and O–H groups in total. The fraction of sp³-hybridized carbons (Fsp3) is 0.318. The van der Waals surface area contributed by atoms with Gasteiger partial charge in [0.05, 0.1) is 25.9 Å². The lowest BCUT2D eigenvalue weighted by atomic mass is 10.0. The average Bonchev–Trinajstić information content (AvgIpc) is 2.71. The standard InChI is InChI=1S/C22H25FN2O3/c23-20-6-2-3-17(14-20)7-8-22(27)24-21(16-26)19-5-1-4-18(13-19)15-25-9-11-28-12-10-25/h1-8,13-14,21,26H,9-12,15-16H2,(H,24,27)/t21-/m1/s1. The molecule has 3 rings (SSSR count). The van der Waals surface area contributed by atoms with Gasteiger partial charge in [-0.05, 0) is 34.9 Å². The van der Waals surface area contributed by atoms with Crippen molar-refractivity contribution in [3.05, 3.63) is 77.1 Å². The molecule has 1 fully saturated rings. The zero-order valence-corrected chi connectivity index (χ0v) is 15.7. The number of morpholine rings is 1. The van der Waals surface area contributed by atoms with Crippen LogP contribution in [0.3, 0.4) is 0 Å². The summed E-state index contributed by atoms with van der Waals surface area (Å²) in [4.78, 5) is 14.5. The summed E-state index contributed by atoms with van der Waals surface area (Å²) < 4.78 is 18.6. The Morgan fingerprint density at radius 2 is 2.00 bits per heavy atom. The number of benzene rings is 2. The zero-order valence-electron chi connectivity index (χ0n) is 15.7. The summed E-state index contributed by atoms with van der Waals surface area (Å²) in [6.07, 6.45) is 2.89. The van der Waals surface area contributed by atoms with E-state index in [2.05, 4.69) is 10.2 Å². The second-order valence-corrected chi connectivity index (χ2v) is 6.77. The second-order valence-electron chi connectivity index (χ2n) is 6.77. The van der Waals surface area contributed by atoms with Crippen molar-refractivity contribution >= 4 is 12.0 Å². The maximum Gasteiger partial charge on any atom is 0.244 e. The summed E-state index contributed by atoms with van der Waals surface area (Å²) in [6.45, 7) is 3.88. The molecule has 1 aliphatic heterocycles. The highest BCUT2D eigenvalue weighted by molar-refractivity contribution is 5.92. The maximum atomic E-state index is 13.2. The number of rotatable bonds is 7. The molecule has 0 bridgehead atoms. The van der Waals surface area contributed by atoms with E-state index in [0.717, 1.165) is 44.0 Å². The number of halogens is 1. The first-order chi connectivity index (χ1) is 13.6. The van der Waals surface area contributed by atoms with E-state index in [1.807, 2.05) is 24.3 Å². The van der Waals surface area contributed by atoms with Crippen molar-refractivity contribution < 1.29 is 19.0 Å². The Morgan fingerprint density at radius 3 is 2.75 bits per heavy atom. The van der Waals surface area contributed by atoms with Crippen molar-refractivity contribution in [3.63, 3.8) is 0 Å². The summed E-state index contributed by atoms with van der Waals surface area (Å²) in [7, 11) is 0. The Bertz CT molecular complexity index is 819. The predicted octanol–water partition coefficient (Wildman–Crippen LogP) is 2.52. The van der Waals surface area contributed by atoms with Crippen molar-refractivity contribution in [2.75, 3.05) is 32.9 Å². The maximum absolute atomic E-state index is 13.2. The first-order valence-corrected chi connectivity index (χ1v) is 9.38. The lowest BCUT2D eigenvalue weighted by Crippen LogP contribution is -2.35. The van der Waals surface area contributed by atoms with E-state index in [1.165, 1.54) is 18.2 Å².